The summed E-state index contributed by atoms with van der Waals surface area (Å²) in [6.07, 6.45) is 3.75. The van der Waals surface area contributed by atoms with E-state index in [1.54, 1.807) is 29.4 Å². The summed E-state index contributed by atoms with van der Waals surface area (Å²) in [5.74, 6) is 0.773. The number of carbonyl (C=O) groups is 1. The first-order valence-corrected chi connectivity index (χ1v) is 11.0. The van der Waals surface area contributed by atoms with Gasteiger partial charge in [-0.2, -0.15) is 0 Å². The second-order valence-electron chi connectivity index (χ2n) is 6.21. The quantitative estimate of drug-likeness (QED) is 0.710. The lowest BCUT2D eigenvalue weighted by Gasteiger charge is -2.26. The lowest BCUT2D eigenvalue weighted by molar-refractivity contribution is -0.128. The molecule has 0 aliphatic carbocycles. The minimum atomic E-state index is -3.06. The highest BCUT2D eigenvalue weighted by molar-refractivity contribution is 7.91. The highest BCUT2D eigenvalue weighted by atomic mass is 32.2. The summed E-state index contributed by atoms with van der Waals surface area (Å²) < 4.78 is 28.8. The van der Waals surface area contributed by atoms with Gasteiger partial charge >= 0.3 is 0 Å². The number of amides is 1. The third kappa shape index (κ3) is 4.74. The highest BCUT2D eigenvalue weighted by Crippen LogP contribution is 2.22. The molecular weight excluding hydrogens is 370 g/mol. The topological polar surface area (TPSA) is 63.7 Å². The minimum Gasteiger partial charge on any atom is -0.497 e. The molecule has 1 amide bonds. The number of benzene rings is 1. The molecule has 26 heavy (non-hydrogen) atoms. The van der Waals surface area contributed by atoms with Crippen molar-refractivity contribution in [2.75, 3.05) is 18.6 Å². The molecule has 7 heteroatoms. The molecule has 138 valence electrons. The molecule has 0 saturated carbocycles. The Bertz CT molecular complexity index is 871. The van der Waals surface area contributed by atoms with E-state index in [0.29, 0.717) is 13.0 Å². The Hall–Kier alpha value is -2.12. The van der Waals surface area contributed by atoms with Crippen LogP contribution in [-0.4, -0.2) is 43.9 Å². The minimum absolute atomic E-state index is 0.0422. The smallest absolute Gasteiger partial charge is 0.247 e. The monoisotopic (exact) mass is 391 g/mol. The molecule has 1 aliphatic rings. The van der Waals surface area contributed by atoms with E-state index in [2.05, 4.69) is 0 Å². The van der Waals surface area contributed by atoms with Crippen molar-refractivity contribution in [2.45, 2.75) is 19.0 Å². The fourth-order valence-electron chi connectivity index (χ4n) is 2.96. The molecule has 1 unspecified atom stereocenters. The SMILES string of the molecule is COc1ccc(C=CC(=O)N(Cc2cccs2)C2CCS(=O)(=O)C2)cc1. The van der Waals surface area contributed by atoms with Gasteiger partial charge in [-0.3, -0.25) is 4.79 Å². The van der Waals surface area contributed by atoms with Crippen LogP contribution in [0, 0.1) is 0 Å². The van der Waals surface area contributed by atoms with Crippen LogP contribution in [0.25, 0.3) is 6.08 Å². The molecular formula is C19H21NO4S2. The predicted octanol–water partition coefficient (Wildman–Crippen LogP) is 2.99. The molecule has 0 bridgehead atoms. The Labute approximate surface area is 157 Å². The van der Waals surface area contributed by atoms with Gasteiger partial charge in [0.1, 0.15) is 5.75 Å². The second kappa shape index (κ2) is 8.05. The van der Waals surface area contributed by atoms with E-state index < -0.39 is 9.84 Å². The summed E-state index contributed by atoms with van der Waals surface area (Å²) in [4.78, 5) is 15.5. The Morgan fingerprint density at radius 2 is 2.08 bits per heavy atom. The van der Waals surface area contributed by atoms with E-state index >= 15 is 0 Å². The fourth-order valence-corrected chi connectivity index (χ4v) is 5.39. The zero-order chi connectivity index (χ0) is 18.6. The van der Waals surface area contributed by atoms with E-state index in [1.165, 1.54) is 6.08 Å². The first-order valence-electron chi connectivity index (χ1n) is 8.32. The van der Waals surface area contributed by atoms with E-state index in [9.17, 15) is 13.2 Å². The van der Waals surface area contributed by atoms with Crippen LogP contribution < -0.4 is 4.74 Å². The van der Waals surface area contributed by atoms with Crippen LogP contribution in [0.3, 0.4) is 0 Å². The van der Waals surface area contributed by atoms with Crippen LogP contribution in [0.15, 0.2) is 47.9 Å². The van der Waals surface area contributed by atoms with Gasteiger partial charge in [0.2, 0.25) is 5.91 Å². The Morgan fingerprint density at radius 3 is 2.65 bits per heavy atom. The lowest BCUT2D eigenvalue weighted by atomic mass is 10.1. The molecule has 5 nitrogen and oxygen atoms in total. The Morgan fingerprint density at radius 1 is 1.31 bits per heavy atom. The number of nitrogens with zero attached hydrogens (tertiary/aromatic N) is 1. The molecule has 1 atom stereocenters. The van der Waals surface area contributed by atoms with Crippen molar-refractivity contribution in [2.24, 2.45) is 0 Å². The van der Waals surface area contributed by atoms with Gasteiger partial charge in [-0.05, 0) is 41.6 Å². The van der Waals surface area contributed by atoms with Crippen molar-refractivity contribution in [1.82, 2.24) is 4.90 Å². The molecule has 1 aromatic carbocycles. The van der Waals surface area contributed by atoms with Gasteiger partial charge in [-0.25, -0.2) is 8.42 Å². The van der Waals surface area contributed by atoms with E-state index in [0.717, 1.165) is 16.2 Å². The van der Waals surface area contributed by atoms with Gasteiger partial charge in [0, 0.05) is 17.0 Å². The Balaban J connectivity index is 1.76. The summed E-state index contributed by atoms with van der Waals surface area (Å²) in [5.41, 5.74) is 0.884. The van der Waals surface area contributed by atoms with E-state index in [1.807, 2.05) is 41.8 Å². The van der Waals surface area contributed by atoms with Crippen molar-refractivity contribution in [3.63, 3.8) is 0 Å². The molecule has 0 N–H and O–H groups in total. The van der Waals surface area contributed by atoms with Crippen LogP contribution in [0.2, 0.25) is 0 Å². The molecule has 1 saturated heterocycles. The number of ether oxygens (including phenoxy) is 1. The molecule has 3 rings (SSSR count). The Kier molecular flexibility index (Phi) is 5.78. The van der Waals surface area contributed by atoms with Crippen molar-refractivity contribution in [3.8, 4) is 5.75 Å². The summed E-state index contributed by atoms with van der Waals surface area (Å²) in [7, 11) is -1.45. The predicted molar refractivity (Wildman–Crippen MR) is 104 cm³/mol. The number of sulfone groups is 1. The molecule has 0 spiro atoms. The molecule has 1 fully saturated rings. The van der Waals surface area contributed by atoms with Gasteiger partial charge in [0.15, 0.2) is 9.84 Å². The number of thiophene rings is 1. The number of rotatable bonds is 6. The third-order valence-corrected chi connectivity index (χ3v) is 6.98. The van der Waals surface area contributed by atoms with Gasteiger partial charge in [-0.15, -0.1) is 11.3 Å². The van der Waals surface area contributed by atoms with Gasteiger partial charge in [0.05, 0.1) is 25.2 Å². The van der Waals surface area contributed by atoms with E-state index in [-0.39, 0.29) is 23.5 Å². The summed E-state index contributed by atoms with van der Waals surface area (Å²) in [5, 5.41) is 1.95. The van der Waals surface area contributed by atoms with Crippen molar-refractivity contribution in [1.29, 1.82) is 0 Å². The zero-order valence-corrected chi connectivity index (χ0v) is 16.1. The average Bonchev–Trinajstić information content (AvgIpc) is 3.27. The first kappa shape index (κ1) is 18.7. The molecule has 1 aliphatic heterocycles. The summed E-state index contributed by atoms with van der Waals surface area (Å²) in [6, 6.07) is 11.0. The van der Waals surface area contributed by atoms with Crippen LogP contribution in [0.4, 0.5) is 0 Å². The normalized spacial score (nSPS) is 18.9. The van der Waals surface area contributed by atoms with Gasteiger partial charge < -0.3 is 9.64 Å². The zero-order valence-electron chi connectivity index (χ0n) is 14.5. The first-order chi connectivity index (χ1) is 12.5. The number of methoxy groups -OCH3 is 1. The molecule has 2 heterocycles. The number of hydrogen-bond acceptors (Lipinski definition) is 5. The van der Waals surface area contributed by atoms with Crippen molar-refractivity contribution >= 4 is 33.2 Å². The van der Waals surface area contributed by atoms with Crippen LogP contribution >= 0.6 is 11.3 Å². The molecule has 0 radical (unpaired) electrons. The fraction of sp³-hybridized carbons (Fsp3) is 0.316. The maximum Gasteiger partial charge on any atom is 0.247 e. The molecule has 1 aromatic heterocycles. The second-order valence-corrected chi connectivity index (χ2v) is 9.47. The van der Waals surface area contributed by atoms with Crippen LogP contribution in [0.1, 0.15) is 16.9 Å². The summed E-state index contributed by atoms with van der Waals surface area (Å²) in [6.45, 7) is 0.434. The third-order valence-electron chi connectivity index (χ3n) is 4.37. The maximum absolute atomic E-state index is 12.8. The highest BCUT2D eigenvalue weighted by Gasteiger charge is 2.34. The van der Waals surface area contributed by atoms with Crippen LogP contribution in [0.5, 0.6) is 5.75 Å². The maximum atomic E-state index is 12.8. The lowest BCUT2D eigenvalue weighted by Crippen LogP contribution is -2.39. The van der Waals surface area contributed by atoms with E-state index in [4.69, 9.17) is 4.74 Å². The number of carbonyl (C=O) groups excluding carboxylic acids is 1. The van der Waals surface area contributed by atoms with Crippen molar-refractivity contribution < 1.29 is 17.9 Å². The number of hydrogen-bond donors (Lipinski definition) is 0. The molecule has 2 aromatic rings. The van der Waals surface area contributed by atoms with Gasteiger partial charge in [-0.1, -0.05) is 18.2 Å². The standard InChI is InChI=1S/C19H21NO4S2/c1-24-17-7-4-15(5-8-17)6-9-19(21)20(13-18-3-2-11-25-18)16-10-12-26(22,23)14-16/h2-9,11,16H,10,12-14H2,1H3. The summed E-state index contributed by atoms with van der Waals surface area (Å²) >= 11 is 1.56. The van der Waals surface area contributed by atoms with Gasteiger partial charge in [0.25, 0.3) is 0 Å². The largest absolute Gasteiger partial charge is 0.497 e. The van der Waals surface area contributed by atoms with Crippen LogP contribution in [-0.2, 0) is 21.2 Å². The average molecular weight is 392 g/mol. The van der Waals surface area contributed by atoms with Crippen molar-refractivity contribution in [3.05, 3.63) is 58.3 Å².